The Morgan fingerprint density at radius 1 is 1.47 bits per heavy atom. The van der Waals surface area contributed by atoms with Crippen LogP contribution in [0.5, 0.6) is 0 Å². The highest BCUT2D eigenvalue weighted by atomic mass is 32.1. The Bertz CT molecular complexity index is 519. The highest BCUT2D eigenvalue weighted by Gasteiger charge is 2.08. The monoisotopic (exact) mass is 268 g/mol. The van der Waals surface area contributed by atoms with Crippen molar-refractivity contribution in [2.24, 2.45) is 0 Å². The molecule has 0 unspecified atom stereocenters. The average Bonchev–Trinajstić information content (AvgIpc) is 2.88. The highest BCUT2D eigenvalue weighted by Crippen LogP contribution is 2.15. The maximum Gasteiger partial charge on any atom is 0.365 e. The molecule has 4 nitrogen and oxygen atoms in total. The summed E-state index contributed by atoms with van der Waals surface area (Å²) in [6.07, 6.45) is 0. The second-order valence-electron chi connectivity index (χ2n) is 3.57. The first kappa shape index (κ1) is 12.2. The molecule has 2 rings (SSSR count). The zero-order valence-electron chi connectivity index (χ0n) is 9.27. The van der Waals surface area contributed by atoms with Gasteiger partial charge in [0.05, 0.1) is 5.69 Å². The van der Waals surface area contributed by atoms with Gasteiger partial charge in [0.1, 0.15) is 0 Å². The maximum absolute atomic E-state index is 10.6. The van der Waals surface area contributed by atoms with Gasteiger partial charge < -0.3 is 10.4 Å². The number of nitrogens with zero attached hydrogens (tertiary/aromatic N) is 1. The molecule has 0 fully saturated rings. The lowest BCUT2D eigenvalue weighted by atomic mass is 10.4. The molecule has 0 saturated carbocycles. The van der Waals surface area contributed by atoms with Crippen LogP contribution in [-0.2, 0) is 13.1 Å². The molecule has 0 spiro atoms. The molecule has 2 aromatic rings. The van der Waals surface area contributed by atoms with Crippen molar-refractivity contribution in [1.82, 2.24) is 10.3 Å². The number of aromatic nitrogens is 1. The second-order valence-corrected chi connectivity index (χ2v) is 5.80. The largest absolute Gasteiger partial charge is 0.476 e. The van der Waals surface area contributed by atoms with E-state index < -0.39 is 5.97 Å². The Labute approximate surface area is 107 Å². The zero-order valence-corrected chi connectivity index (χ0v) is 10.9. The summed E-state index contributed by atoms with van der Waals surface area (Å²) in [4.78, 5) is 17.2. The number of aromatic carboxylic acids is 1. The number of carboxylic acid groups (broad SMARTS) is 1. The molecule has 6 heteroatoms. The Morgan fingerprint density at radius 2 is 2.29 bits per heavy atom. The van der Waals surface area contributed by atoms with Gasteiger partial charge in [0, 0.05) is 28.2 Å². The van der Waals surface area contributed by atoms with Gasteiger partial charge in [-0.1, -0.05) is 0 Å². The quantitative estimate of drug-likeness (QED) is 0.874. The minimum atomic E-state index is -0.963. The first-order valence-corrected chi connectivity index (χ1v) is 6.78. The number of hydrogen-bond donors (Lipinski definition) is 2. The number of nitrogens with one attached hydrogen (secondary N) is 1. The highest BCUT2D eigenvalue weighted by molar-refractivity contribution is 7.12. The van der Waals surface area contributed by atoms with Crippen molar-refractivity contribution in [1.29, 1.82) is 0 Å². The SMILES string of the molecule is Cc1ccc(CNCc2csc(C(=O)O)n2)s1. The van der Waals surface area contributed by atoms with E-state index in [0.717, 1.165) is 23.6 Å². The van der Waals surface area contributed by atoms with Gasteiger partial charge in [0.15, 0.2) is 0 Å². The van der Waals surface area contributed by atoms with Crippen molar-refractivity contribution in [3.8, 4) is 0 Å². The fourth-order valence-corrected chi connectivity index (χ4v) is 2.89. The summed E-state index contributed by atoms with van der Waals surface area (Å²) in [5, 5.41) is 13.9. The zero-order chi connectivity index (χ0) is 12.3. The van der Waals surface area contributed by atoms with E-state index in [1.54, 1.807) is 16.7 Å². The minimum Gasteiger partial charge on any atom is -0.476 e. The van der Waals surface area contributed by atoms with Crippen molar-refractivity contribution in [2.75, 3.05) is 0 Å². The lowest BCUT2D eigenvalue weighted by Crippen LogP contribution is -2.12. The third kappa shape index (κ3) is 3.36. The number of carboxylic acids is 1. The predicted octanol–water partition coefficient (Wildman–Crippen LogP) is 2.50. The number of thiophene rings is 1. The van der Waals surface area contributed by atoms with Gasteiger partial charge in [0.25, 0.3) is 0 Å². The number of rotatable bonds is 5. The Balaban J connectivity index is 1.83. The van der Waals surface area contributed by atoms with Crippen molar-refractivity contribution in [2.45, 2.75) is 20.0 Å². The Hall–Kier alpha value is -1.24. The van der Waals surface area contributed by atoms with Crippen molar-refractivity contribution in [3.63, 3.8) is 0 Å². The predicted molar refractivity (Wildman–Crippen MR) is 68.7 cm³/mol. The number of thiazole rings is 1. The summed E-state index contributed by atoms with van der Waals surface area (Å²) in [6.45, 7) is 3.47. The Kier molecular flexibility index (Phi) is 3.88. The smallest absolute Gasteiger partial charge is 0.365 e. The summed E-state index contributed by atoms with van der Waals surface area (Å²) in [5.74, 6) is -0.963. The van der Waals surface area contributed by atoms with Crippen LogP contribution in [-0.4, -0.2) is 16.1 Å². The van der Waals surface area contributed by atoms with Gasteiger partial charge in [-0.25, -0.2) is 9.78 Å². The van der Waals surface area contributed by atoms with Crippen LogP contribution < -0.4 is 5.32 Å². The summed E-state index contributed by atoms with van der Waals surface area (Å²) >= 11 is 2.92. The Morgan fingerprint density at radius 3 is 2.88 bits per heavy atom. The van der Waals surface area contributed by atoms with Gasteiger partial charge in [0.2, 0.25) is 5.01 Å². The molecule has 0 saturated heterocycles. The van der Waals surface area contributed by atoms with Crippen LogP contribution >= 0.6 is 22.7 Å². The molecular weight excluding hydrogens is 256 g/mol. The van der Waals surface area contributed by atoms with Crippen molar-refractivity contribution in [3.05, 3.63) is 38.0 Å². The molecule has 2 N–H and O–H groups in total. The van der Waals surface area contributed by atoms with Crippen molar-refractivity contribution < 1.29 is 9.90 Å². The van der Waals surface area contributed by atoms with Gasteiger partial charge in [-0.05, 0) is 19.1 Å². The topological polar surface area (TPSA) is 62.2 Å². The molecule has 2 aromatic heterocycles. The van der Waals surface area contributed by atoms with Crippen LogP contribution in [0.4, 0.5) is 0 Å². The van der Waals surface area contributed by atoms with Crippen LogP contribution in [0.1, 0.15) is 25.3 Å². The van der Waals surface area contributed by atoms with Gasteiger partial charge in [-0.15, -0.1) is 22.7 Å². The first-order chi connectivity index (χ1) is 8.15. The summed E-state index contributed by atoms with van der Waals surface area (Å²) in [7, 11) is 0. The number of aryl methyl sites for hydroxylation is 1. The van der Waals surface area contributed by atoms with E-state index in [1.807, 2.05) is 0 Å². The third-order valence-electron chi connectivity index (χ3n) is 2.14. The molecule has 17 heavy (non-hydrogen) atoms. The first-order valence-electron chi connectivity index (χ1n) is 5.09. The molecule has 0 bridgehead atoms. The number of carbonyl (C=O) groups is 1. The molecule has 90 valence electrons. The van der Waals surface area contributed by atoms with E-state index in [-0.39, 0.29) is 5.01 Å². The van der Waals surface area contributed by atoms with Crippen LogP contribution in [0.3, 0.4) is 0 Å². The third-order valence-corrected chi connectivity index (χ3v) is 4.02. The molecule has 0 aliphatic rings. The van der Waals surface area contributed by atoms with E-state index >= 15 is 0 Å². The fraction of sp³-hybridized carbons (Fsp3) is 0.273. The summed E-state index contributed by atoms with van der Waals surface area (Å²) in [5.41, 5.74) is 0.778. The van der Waals surface area contributed by atoms with Gasteiger partial charge in [-0.2, -0.15) is 0 Å². The van der Waals surface area contributed by atoms with Crippen LogP contribution in [0, 0.1) is 6.92 Å². The maximum atomic E-state index is 10.6. The van der Waals surface area contributed by atoms with E-state index in [2.05, 4.69) is 29.4 Å². The van der Waals surface area contributed by atoms with Crippen molar-refractivity contribution >= 4 is 28.6 Å². The van der Waals surface area contributed by atoms with E-state index in [9.17, 15) is 4.79 Å². The average molecular weight is 268 g/mol. The molecule has 2 heterocycles. The van der Waals surface area contributed by atoms with E-state index in [4.69, 9.17) is 5.11 Å². The van der Waals surface area contributed by atoms with E-state index in [0.29, 0.717) is 6.54 Å². The van der Waals surface area contributed by atoms with Gasteiger partial charge >= 0.3 is 5.97 Å². The molecule has 0 amide bonds. The lowest BCUT2D eigenvalue weighted by Gasteiger charge is -1.99. The molecule has 0 radical (unpaired) electrons. The lowest BCUT2D eigenvalue weighted by molar-refractivity contribution is 0.0696. The molecule has 0 aromatic carbocycles. The van der Waals surface area contributed by atoms with Crippen LogP contribution in [0.2, 0.25) is 0 Å². The molecule has 0 aliphatic carbocycles. The fourth-order valence-electron chi connectivity index (χ4n) is 1.38. The molecule has 0 aliphatic heterocycles. The standard InChI is InChI=1S/C11H12N2O2S2/c1-7-2-3-9(17-7)5-12-4-8-6-16-10(13-8)11(14)15/h2-3,6,12H,4-5H2,1H3,(H,14,15). The molecular formula is C11H12N2O2S2. The van der Waals surface area contributed by atoms with Crippen LogP contribution in [0.15, 0.2) is 17.5 Å². The summed E-state index contributed by atoms with van der Waals surface area (Å²) in [6, 6.07) is 4.18. The second kappa shape index (κ2) is 5.39. The molecule has 0 atom stereocenters. The number of hydrogen-bond acceptors (Lipinski definition) is 5. The van der Waals surface area contributed by atoms with E-state index in [1.165, 1.54) is 9.75 Å². The minimum absolute atomic E-state index is 0.147. The van der Waals surface area contributed by atoms with Gasteiger partial charge in [-0.3, -0.25) is 0 Å². The van der Waals surface area contributed by atoms with Crippen LogP contribution in [0.25, 0.3) is 0 Å². The summed E-state index contributed by atoms with van der Waals surface area (Å²) < 4.78 is 0. The normalized spacial score (nSPS) is 10.6.